The number of benzene rings is 2. The number of nitro groups is 1. The molecule has 0 aliphatic carbocycles. The highest BCUT2D eigenvalue weighted by Gasteiger charge is 2.27. The van der Waals surface area contributed by atoms with Gasteiger partial charge in [0, 0.05) is 17.2 Å². The van der Waals surface area contributed by atoms with Gasteiger partial charge in [0.05, 0.1) is 11.5 Å². The van der Waals surface area contributed by atoms with Gasteiger partial charge in [0.25, 0.3) is 11.6 Å². The zero-order valence-corrected chi connectivity index (χ0v) is 14.3. The van der Waals surface area contributed by atoms with Gasteiger partial charge < -0.3 is 19.9 Å². The van der Waals surface area contributed by atoms with Gasteiger partial charge >= 0.3 is 0 Å². The summed E-state index contributed by atoms with van der Waals surface area (Å²) in [6, 6.07) is 9.29. The van der Waals surface area contributed by atoms with Crippen LogP contribution in [0.3, 0.4) is 0 Å². The number of rotatable bonds is 5. The van der Waals surface area contributed by atoms with Crippen molar-refractivity contribution in [1.82, 2.24) is 5.32 Å². The van der Waals surface area contributed by atoms with Gasteiger partial charge in [-0.05, 0) is 37.6 Å². The van der Waals surface area contributed by atoms with Gasteiger partial charge in [0.15, 0.2) is 11.5 Å². The molecule has 3 rings (SSSR count). The average Bonchev–Trinajstić information content (AvgIpc) is 3.07. The minimum Gasteiger partial charge on any atom is -0.454 e. The van der Waals surface area contributed by atoms with Crippen LogP contribution in [-0.2, 0) is 5.60 Å². The Morgan fingerprint density at radius 3 is 2.73 bits per heavy atom. The highest BCUT2D eigenvalue weighted by atomic mass is 16.7. The zero-order valence-electron chi connectivity index (χ0n) is 14.3. The molecule has 8 nitrogen and oxygen atoms in total. The third kappa shape index (κ3) is 3.45. The van der Waals surface area contributed by atoms with E-state index in [-0.39, 0.29) is 24.6 Å². The van der Waals surface area contributed by atoms with E-state index in [0.29, 0.717) is 22.6 Å². The van der Waals surface area contributed by atoms with Crippen LogP contribution in [0, 0.1) is 17.0 Å². The summed E-state index contributed by atoms with van der Waals surface area (Å²) in [4.78, 5) is 22.8. The lowest BCUT2D eigenvalue weighted by Gasteiger charge is -2.24. The van der Waals surface area contributed by atoms with Crippen LogP contribution in [0.2, 0.25) is 0 Å². The third-order valence-electron chi connectivity index (χ3n) is 4.26. The molecular formula is C18H18N2O6. The number of hydrogen-bond acceptors (Lipinski definition) is 6. The Hall–Kier alpha value is -3.13. The second-order valence-corrected chi connectivity index (χ2v) is 6.28. The SMILES string of the molecule is Cc1ccc(C(=O)NCC(C)(O)c2ccc3c(c2)OCO3)cc1[N+](=O)[O-]. The maximum Gasteiger partial charge on any atom is 0.273 e. The Balaban J connectivity index is 1.72. The number of fused-ring (bicyclic) bond motifs is 1. The molecule has 0 spiro atoms. The Labute approximate surface area is 149 Å². The topological polar surface area (TPSA) is 111 Å². The van der Waals surface area contributed by atoms with Gasteiger partial charge in [0.2, 0.25) is 6.79 Å². The van der Waals surface area contributed by atoms with Gasteiger partial charge in [-0.3, -0.25) is 14.9 Å². The molecule has 1 aliphatic heterocycles. The zero-order chi connectivity index (χ0) is 18.9. The number of nitrogens with zero attached hydrogens (tertiary/aromatic N) is 1. The molecule has 1 amide bonds. The fraction of sp³-hybridized carbons (Fsp3) is 0.278. The van der Waals surface area contributed by atoms with Crippen LogP contribution >= 0.6 is 0 Å². The fourth-order valence-corrected chi connectivity index (χ4v) is 2.64. The van der Waals surface area contributed by atoms with Crippen LogP contribution in [0.5, 0.6) is 11.5 Å². The molecule has 26 heavy (non-hydrogen) atoms. The molecule has 0 saturated heterocycles. The van der Waals surface area contributed by atoms with Crippen molar-refractivity contribution in [3.05, 3.63) is 63.2 Å². The molecule has 0 saturated carbocycles. The van der Waals surface area contributed by atoms with Crippen molar-refractivity contribution in [2.75, 3.05) is 13.3 Å². The first-order valence-electron chi connectivity index (χ1n) is 7.94. The van der Waals surface area contributed by atoms with E-state index < -0.39 is 16.4 Å². The third-order valence-corrected chi connectivity index (χ3v) is 4.26. The monoisotopic (exact) mass is 358 g/mol. The Morgan fingerprint density at radius 2 is 2.00 bits per heavy atom. The molecule has 136 valence electrons. The molecule has 8 heteroatoms. The van der Waals surface area contributed by atoms with E-state index in [2.05, 4.69) is 5.32 Å². The predicted molar refractivity (Wildman–Crippen MR) is 92.3 cm³/mol. The summed E-state index contributed by atoms with van der Waals surface area (Å²) in [6.07, 6.45) is 0. The lowest BCUT2D eigenvalue weighted by Crippen LogP contribution is -2.38. The number of amides is 1. The van der Waals surface area contributed by atoms with Crippen molar-refractivity contribution in [3.63, 3.8) is 0 Å². The fourth-order valence-electron chi connectivity index (χ4n) is 2.64. The van der Waals surface area contributed by atoms with E-state index in [1.54, 1.807) is 32.0 Å². The first-order valence-corrected chi connectivity index (χ1v) is 7.94. The summed E-state index contributed by atoms with van der Waals surface area (Å²) < 4.78 is 10.5. The van der Waals surface area contributed by atoms with Crippen LogP contribution in [-0.4, -0.2) is 29.3 Å². The van der Waals surface area contributed by atoms with Crippen LogP contribution in [0.1, 0.15) is 28.4 Å². The molecule has 0 radical (unpaired) electrons. The van der Waals surface area contributed by atoms with Gasteiger partial charge in [-0.1, -0.05) is 12.1 Å². The van der Waals surface area contributed by atoms with Gasteiger partial charge in [-0.25, -0.2) is 0 Å². The normalized spacial score (nSPS) is 14.6. The standard InChI is InChI=1S/C18H18N2O6/c1-11-3-4-12(7-14(11)20(23)24)17(21)19-9-18(2,22)13-5-6-15-16(8-13)26-10-25-15/h3-8,22H,9-10H2,1-2H3,(H,19,21). The van der Waals surface area contributed by atoms with Crippen LogP contribution in [0.4, 0.5) is 5.69 Å². The predicted octanol–water partition coefficient (Wildman–Crippen LogP) is 2.27. The highest BCUT2D eigenvalue weighted by molar-refractivity contribution is 5.95. The van der Waals surface area contributed by atoms with Crippen LogP contribution in [0.15, 0.2) is 36.4 Å². The summed E-state index contributed by atoms with van der Waals surface area (Å²) in [5, 5.41) is 24.3. The Morgan fingerprint density at radius 1 is 1.27 bits per heavy atom. The van der Waals surface area contributed by atoms with E-state index in [4.69, 9.17) is 9.47 Å². The van der Waals surface area contributed by atoms with E-state index in [0.717, 1.165) is 0 Å². The van der Waals surface area contributed by atoms with Crippen molar-refractivity contribution < 1.29 is 24.3 Å². The van der Waals surface area contributed by atoms with Gasteiger partial charge in [0.1, 0.15) is 5.60 Å². The van der Waals surface area contributed by atoms with Gasteiger partial charge in [-0.15, -0.1) is 0 Å². The van der Waals surface area contributed by atoms with Crippen LogP contribution in [0.25, 0.3) is 0 Å². The first kappa shape index (κ1) is 17.7. The molecule has 0 fully saturated rings. The Bertz CT molecular complexity index is 878. The molecule has 1 heterocycles. The Kier molecular flexibility index (Phi) is 4.52. The van der Waals surface area contributed by atoms with Gasteiger partial charge in [-0.2, -0.15) is 0 Å². The second-order valence-electron chi connectivity index (χ2n) is 6.28. The quantitative estimate of drug-likeness (QED) is 0.626. The molecule has 1 aliphatic rings. The molecule has 2 aromatic rings. The summed E-state index contributed by atoms with van der Waals surface area (Å²) in [6.45, 7) is 3.21. The van der Waals surface area contributed by atoms with E-state index in [1.165, 1.54) is 18.2 Å². The maximum absolute atomic E-state index is 12.3. The molecule has 0 bridgehead atoms. The highest BCUT2D eigenvalue weighted by Crippen LogP contribution is 2.35. The number of ether oxygens (including phenoxy) is 2. The van der Waals surface area contributed by atoms with Crippen LogP contribution < -0.4 is 14.8 Å². The molecule has 2 aromatic carbocycles. The average molecular weight is 358 g/mol. The number of carbonyl (C=O) groups is 1. The number of aliphatic hydroxyl groups is 1. The molecule has 1 atom stereocenters. The molecule has 0 aromatic heterocycles. The number of aryl methyl sites for hydroxylation is 1. The minimum absolute atomic E-state index is 0.0762. The van der Waals surface area contributed by atoms with Crippen molar-refractivity contribution in [3.8, 4) is 11.5 Å². The number of carbonyl (C=O) groups excluding carboxylic acids is 1. The van der Waals surface area contributed by atoms with Crippen molar-refractivity contribution >= 4 is 11.6 Å². The lowest BCUT2D eigenvalue weighted by molar-refractivity contribution is -0.385. The number of hydrogen-bond donors (Lipinski definition) is 2. The van der Waals surface area contributed by atoms with Crippen molar-refractivity contribution in [2.45, 2.75) is 19.4 Å². The smallest absolute Gasteiger partial charge is 0.273 e. The van der Waals surface area contributed by atoms with E-state index >= 15 is 0 Å². The number of nitro benzene ring substituents is 1. The second kappa shape index (κ2) is 6.64. The molecule has 2 N–H and O–H groups in total. The minimum atomic E-state index is -1.35. The maximum atomic E-state index is 12.3. The summed E-state index contributed by atoms with van der Waals surface area (Å²) in [5.41, 5.74) is -0.299. The van der Waals surface area contributed by atoms with Crippen molar-refractivity contribution in [1.29, 1.82) is 0 Å². The van der Waals surface area contributed by atoms with Crippen molar-refractivity contribution in [2.24, 2.45) is 0 Å². The molecular weight excluding hydrogens is 340 g/mol. The summed E-state index contributed by atoms with van der Waals surface area (Å²) in [7, 11) is 0. The summed E-state index contributed by atoms with van der Waals surface area (Å²) in [5.74, 6) is 0.623. The lowest BCUT2D eigenvalue weighted by atomic mass is 9.95. The van der Waals surface area contributed by atoms with E-state index in [9.17, 15) is 20.0 Å². The largest absolute Gasteiger partial charge is 0.454 e. The first-order chi connectivity index (χ1) is 12.3. The van der Waals surface area contributed by atoms with E-state index in [1.807, 2.05) is 0 Å². The number of nitrogens with one attached hydrogen (secondary N) is 1. The molecule has 1 unspecified atom stereocenters. The summed E-state index contributed by atoms with van der Waals surface area (Å²) >= 11 is 0.